The summed E-state index contributed by atoms with van der Waals surface area (Å²) in [5.74, 6) is 0.792. The molecule has 0 saturated carbocycles. The number of hydrazone groups is 1. The Bertz CT molecular complexity index is 1200. The summed E-state index contributed by atoms with van der Waals surface area (Å²) in [5.41, 5.74) is 3.60. The van der Waals surface area contributed by atoms with E-state index in [4.69, 9.17) is 19.0 Å². The number of methoxy groups -OCH3 is 2. The molecule has 2 amide bonds. The first-order chi connectivity index (χ1) is 16.4. The van der Waals surface area contributed by atoms with Gasteiger partial charge >= 0.3 is 0 Å². The molecule has 0 aliphatic carbocycles. The van der Waals surface area contributed by atoms with Crippen LogP contribution in [0.25, 0.3) is 0 Å². The SMILES string of the molecule is COc1ccc(C2=NN(C(=O)CN(C)C(=O)c3ccco3)[C@@H](c3ccc(C)cc3)C2)c(OC)c1. The van der Waals surface area contributed by atoms with Crippen molar-refractivity contribution in [2.75, 3.05) is 27.8 Å². The van der Waals surface area contributed by atoms with Gasteiger partial charge in [0.25, 0.3) is 11.8 Å². The molecule has 4 rings (SSSR count). The van der Waals surface area contributed by atoms with Gasteiger partial charge in [0.1, 0.15) is 18.0 Å². The third kappa shape index (κ3) is 4.66. The van der Waals surface area contributed by atoms with Crippen molar-refractivity contribution in [3.63, 3.8) is 0 Å². The molecule has 2 heterocycles. The zero-order valence-corrected chi connectivity index (χ0v) is 19.6. The summed E-state index contributed by atoms with van der Waals surface area (Å²) in [4.78, 5) is 27.3. The van der Waals surface area contributed by atoms with Crippen LogP contribution in [0.3, 0.4) is 0 Å². The Labute approximate surface area is 198 Å². The summed E-state index contributed by atoms with van der Waals surface area (Å²) in [6.07, 6.45) is 1.93. The predicted octanol–water partition coefficient (Wildman–Crippen LogP) is 4.06. The van der Waals surface area contributed by atoms with Crippen molar-refractivity contribution in [1.29, 1.82) is 0 Å². The van der Waals surface area contributed by atoms with E-state index < -0.39 is 0 Å². The van der Waals surface area contributed by atoms with Crippen molar-refractivity contribution < 1.29 is 23.5 Å². The molecule has 0 N–H and O–H groups in total. The van der Waals surface area contributed by atoms with E-state index in [1.54, 1.807) is 39.5 Å². The Morgan fingerprint density at radius 3 is 2.53 bits per heavy atom. The zero-order chi connectivity index (χ0) is 24.2. The van der Waals surface area contributed by atoms with Gasteiger partial charge < -0.3 is 18.8 Å². The van der Waals surface area contributed by atoms with Gasteiger partial charge in [-0.2, -0.15) is 5.10 Å². The van der Waals surface area contributed by atoms with Crippen molar-refractivity contribution in [2.45, 2.75) is 19.4 Å². The Hall–Kier alpha value is -4.07. The Morgan fingerprint density at radius 1 is 1.12 bits per heavy atom. The van der Waals surface area contributed by atoms with Crippen molar-refractivity contribution in [2.24, 2.45) is 5.10 Å². The van der Waals surface area contributed by atoms with E-state index in [2.05, 4.69) is 0 Å². The minimum atomic E-state index is -0.370. The second kappa shape index (κ2) is 9.82. The monoisotopic (exact) mass is 461 g/mol. The van der Waals surface area contributed by atoms with Crippen LogP contribution in [-0.4, -0.2) is 55.2 Å². The number of rotatable bonds is 7. The Balaban J connectivity index is 1.64. The summed E-state index contributed by atoms with van der Waals surface area (Å²) >= 11 is 0. The number of aryl methyl sites for hydroxylation is 1. The van der Waals surface area contributed by atoms with E-state index >= 15 is 0 Å². The normalized spacial score (nSPS) is 15.1. The predicted molar refractivity (Wildman–Crippen MR) is 127 cm³/mol. The van der Waals surface area contributed by atoms with Crippen LogP contribution in [0.1, 0.15) is 39.7 Å². The first-order valence-electron chi connectivity index (χ1n) is 10.9. The molecule has 8 heteroatoms. The number of carbonyl (C=O) groups is 2. The highest BCUT2D eigenvalue weighted by molar-refractivity contribution is 6.05. The quantitative estimate of drug-likeness (QED) is 0.530. The van der Waals surface area contributed by atoms with E-state index in [0.717, 1.165) is 22.4 Å². The lowest BCUT2D eigenvalue weighted by molar-refractivity contribution is -0.133. The van der Waals surface area contributed by atoms with Gasteiger partial charge in [-0.05, 0) is 36.8 Å². The van der Waals surface area contributed by atoms with Crippen molar-refractivity contribution in [1.82, 2.24) is 9.91 Å². The fourth-order valence-electron chi connectivity index (χ4n) is 3.92. The summed E-state index contributed by atoms with van der Waals surface area (Å²) in [6, 6.07) is 16.4. The van der Waals surface area contributed by atoms with Crippen LogP contribution in [0, 0.1) is 6.92 Å². The van der Waals surface area contributed by atoms with E-state index in [-0.39, 0.29) is 30.2 Å². The maximum absolute atomic E-state index is 13.4. The molecule has 176 valence electrons. The summed E-state index contributed by atoms with van der Waals surface area (Å²) in [6.45, 7) is 1.87. The molecule has 0 fully saturated rings. The lowest BCUT2D eigenvalue weighted by Gasteiger charge is -2.24. The smallest absolute Gasteiger partial charge is 0.289 e. The number of hydrogen-bond acceptors (Lipinski definition) is 6. The van der Waals surface area contributed by atoms with Crippen molar-refractivity contribution in [3.05, 3.63) is 83.3 Å². The van der Waals surface area contributed by atoms with Crippen LogP contribution < -0.4 is 9.47 Å². The van der Waals surface area contributed by atoms with Crippen LogP contribution in [0.5, 0.6) is 11.5 Å². The average molecular weight is 462 g/mol. The lowest BCUT2D eigenvalue weighted by Crippen LogP contribution is -2.39. The van der Waals surface area contributed by atoms with Gasteiger partial charge in [0.05, 0.1) is 32.2 Å². The third-order valence-electron chi connectivity index (χ3n) is 5.80. The average Bonchev–Trinajstić information content (AvgIpc) is 3.54. The van der Waals surface area contributed by atoms with Crippen LogP contribution in [0.15, 0.2) is 70.4 Å². The fraction of sp³-hybridized carbons (Fsp3) is 0.269. The highest BCUT2D eigenvalue weighted by Gasteiger charge is 2.35. The number of amides is 2. The molecule has 1 aliphatic rings. The highest BCUT2D eigenvalue weighted by atomic mass is 16.5. The van der Waals surface area contributed by atoms with Crippen LogP contribution >= 0.6 is 0 Å². The van der Waals surface area contributed by atoms with Gasteiger partial charge in [0, 0.05) is 25.1 Å². The van der Waals surface area contributed by atoms with Gasteiger partial charge in [-0.25, -0.2) is 5.01 Å². The maximum Gasteiger partial charge on any atom is 0.289 e. The molecule has 1 aromatic heterocycles. The molecule has 1 atom stereocenters. The molecule has 2 aromatic carbocycles. The molecule has 3 aromatic rings. The number of benzene rings is 2. The first-order valence-corrected chi connectivity index (χ1v) is 10.9. The highest BCUT2D eigenvalue weighted by Crippen LogP contribution is 2.36. The molecule has 8 nitrogen and oxygen atoms in total. The first kappa shape index (κ1) is 23.1. The Kier molecular flexibility index (Phi) is 6.67. The molecule has 1 aliphatic heterocycles. The maximum atomic E-state index is 13.4. The molecular weight excluding hydrogens is 434 g/mol. The lowest BCUT2D eigenvalue weighted by atomic mass is 9.97. The van der Waals surface area contributed by atoms with Crippen LogP contribution in [0.2, 0.25) is 0 Å². The zero-order valence-electron chi connectivity index (χ0n) is 19.6. The van der Waals surface area contributed by atoms with Gasteiger partial charge in [0.2, 0.25) is 0 Å². The summed E-state index contributed by atoms with van der Waals surface area (Å²) < 4.78 is 16.0. The molecule has 0 bridgehead atoms. The van der Waals surface area contributed by atoms with Gasteiger partial charge in [-0.1, -0.05) is 29.8 Å². The minimum Gasteiger partial charge on any atom is -0.497 e. The van der Waals surface area contributed by atoms with E-state index in [9.17, 15) is 9.59 Å². The van der Waals surface area contributed by atoms with Crippen LogP contribution in [-0.2, 0) is 4.79 Å². The molecule has 0 unspecified atom stereocenters. The molecule has 34 heavy (non-hydrogen) atoms. The molecular formula is C26H27N3O5. The van der Waals surface area contributed by atoms with Gasteiger partial charge in [-0.15, -0.1) is 0 Å². The second-order valence-corrected chi connectivity index (χ2v) is 8.12. The fourth-order valence-corrected chi connectivity index (χ4v) is 3.92. The standard InChI is InChI=1S/C26H27N3O5/c1-17-7-9-18(10-8-17)22-15-21(20-12-11-19(32-3)14-24(20)33-4)27-29(22)25(30)16-28(2)26(31)23-6-5-13-34-23/h5-14,22H,15-16H2,1-4H3/t22-/m1/s1. The van der Waals surface area contributed by atoms with E-state index in [1.807, 2.05) is 43.3 Å². The molecule has 0 radical (unpaired) electrons. The van der Waals surface area contributed by atoms with Gasteiger partial charge in [-0.3, -0.25) is 9.59 Å². The number of ether oxygens (including phenoxy) is 2. The third-order valence-corrected chi connectivity index (χ3v) is 5.80. The second-order valence-electron chi connectivity index (χ2n) is 8.12. The topological polar surface area (TPSA) is 84.6 Å². The number of likely N-dealkylation sites (N-methyl/N-ethyl adjacent to an activating group) is 1. The van der Waals surface area contributed by atoms with Gasteiger partial charge in [0.15, 0.2) is 5.76 Å². The summed E-state index contributed by atoms with van der Waals surface area (Å²) in [5, 5.41) is 6.16. The minimum absolute atomic E-state index is 0.140. The summed E-state index contributed by atoms with van der Waals surface area (Å²) in [7, 11) is 4.75. The largest absolute Gasteiger partial charge is 0.497 e. The van der Waals surface area contributed by atoms with E-state index in [1.165, 1.54) is 16.2 Å². The number of nitrogens with zero attached hydrogens (tertiary/aromatic N) is 3. The molecule has 0 spiro atoms. The van der Waals surface area contributed by atoms with E-state index in [0.29, 0.717) is 17.9 Å². The number of furan rings is 1. The number of hydrogen-bond donors (Lipinski definition) is 0. The number of carbonyl (C=O) groups excluding carboxylic acids is 2. The van der Waals surface area contributed by atoms with Crippen molar-refractivity contribution in [3.8, 4) is 11.5 Å². The Morgan fingerprint density at radius 2 is 1.88 bits per heavy atom. The van der Waals surface area contributed by atoms with Crippen LogP contribution in [0.4, 0.5) is 0 Å². The molecule has 0 saturated heterocycles. The van der Waals surface area contributed by atoms with Crippen molar-refractivity contribution >= 4 is 17.5 Å².